The van der Waals surface area contributed by atoms with Gasteiger partial charge < -0.3 is 19.1 Å². The van der Waals surface area contributed by atoms with Crippen molar-refractivity contribution in [3.8, 4) is 0 Å². The first kappa shape index (κ1) is 28.4. The molecule has 0 aliphatic carbocycles. The average Bonchev–Trinajstić information content (AvgIpc) is 3.49. The summed E-state index contributed by atoms with van der Waals surface area (Å²) in [5, 5.41) is 0. The van der Waals surface area contributed by atoms with Crippen LogP contribution in [0.3, 0.4) is 0 Å². The molecule has 41 heavy (non-hydrogen) atoms. The number of ether oxygens (including phenoxy) is 1. The van der Waals surface area contributed by atoms with Crippen LogP contribution in [-0.4, -0.2) is 59.5 Å². The van der Waals surface area contributed by atoms with E-state index in [-0.39, 0.29) is 24.4 Å². The minimum Gasteiger partial charge on any atom is -0.383 e. The van der Waals surface area contributed by atoms with Crippen LogP contribution in [0.15, 0.2) is 103 Å². The molecule has 1 aliphatic rings. The van der Waals surface area contributed by atoms with Gasteiger partial charge in [0.1, 0.15) is 0 Å². The van der Waals surface area contributed by atoms with E-state index in [1.54, 1.807) is 12.0 Å². The first-order chi connectivity index (χ1) is 20.0. The van der Waals surface area contributed by atoms with Crippen LogP contribution in [0.1, 0.15) is 59.7 Å². The van der Waals surface area contributed by atoms with E-state index in [2.05, 4.69) is 54.9 Å². The third-order valence-corrected chi connectivity index (χ3v) is 7.99. The zero-order valence-electron chi connectivity index (χ0n) is 24.1. The van der Waals surface area contributed by atoms with E-state index in [1.165, 1.54) is 5.56 Å². The number of rotatable bonds is 10. The zero-order valence-corrected chi connectivity index (χ0v) is 24.1. The van der Waals surface area contributed by atoms with Gasteiger partial charge in [0.25, 0.3) is 0 Å². The Morgan fingerprint density at radius 3 is 2.05 bits per heavy atom. The van der Waals surface area contributed by atoms with Crippen molar-refractivity contribution >= 4 is 11.8 Å². The summed E-state index contributed by atoms with van der Waals surface area (Å²) in [6, 6.07) is 32.1. The number of carbonyl (C=O) groups is 2. The molecular weight excluding hydrogens is 510 g/mol. The molecule has 1 aromatic heterocycles. The molecule has 2 amide bonds. The molecule has 2 heterocycles. The van der Waals surface area contributed by atoms with Gasteiger partial charge in [-0.25, -0.2) is 0 Å². The summed E-state index contributed by atoms with van der Waals surface area (Å²) in [5.41, 5.74) is 5.23. The van der Waals surface area contributed by atoms with Crippen molar-refractivity contribution in [3.05, 3.63) is 131 Å². The molecule has 4 aromatic rings. The van der Waals surface area contributed by atoms with Crippen molar-refractivity contribution in [2.75, 3.05) is 33.4 Å². The molecule has 0 unspecified atom stereocenters. The molecular formula is C35H39N3O3. The van der Waals surface area contributed by atoms with Crippen LogP contribution in [0.25, 0.3) is 0 Å². The van der Waals surface area contributed by atoms with Crippen LogP contribution in [0.4, 0.5) is 0 Å². The number of amides is 2. The van der Waals surface area contributed by atoms with Crippen molar-refractivity contribution in [1.29, 1.82) is 0 Å². The van der Waals surface area contributed by atoms with Gasteiger partial charge in [-0.05, 0) is 40.3 Å². The maximum atomic E-state index is 14.3. The lowest BCUT2D eigenvalue weighted by Crippen LogP contribution is -2.49. The molecule has 1 aliphatic heterocycles. The lowest BCUT2D eigenvalue weighted by molar-refractivity contribution is -0.143. The van der Waals surface area contributed by atoms with Crippen molar-refractivity contribution in [3.63, 3.8) is 0 Å². The largest absolute Gasteiger partial charge is 0.383 e. The second-order valence-corrected chi connectivity index (χ2v) is 10.9. The molecule has 3 aromatic carbocycles. The summed E-state index contributed by atoms with van der Waals surface area (Å²) in [6.45, 7) is 6.31. The summed E-state index contributed by atoms with van der Waals surface area (Å²) in [5.74, 6) is -0.259. The van der Waals surface area contributed by atoms with Crippen LogP contribution in [0.5, 0.6) is 0 Å². The van der Waals surface area contributed by atoms with Crippen LogP contribution < -0.4 is 0 Å². The van der Waals surface area contributed by atoms with E-state index >= 15 is 0 Å². The van der Waals surface area contributed by atoms with E-state index in [1.807, 2.05) is 71.6 Å². The second kappa shape index (κ2) is 13.0. The predicted molar refractivity (Wildman–Crippen MR) is 162 cm³/mol. The molecule has 0 spiro atoms. The van der Waals surface area contributed by atoms with E-state index in [9.17, 15) is 9.59 Å². The summed E-state index contributed by atoms with van der Waals surface area (Å²) in [4.78, 5) is 32.0. The van der Waals surface area contributed by atoms with Crippen molar-refractivity contribution in [2.24, 2.45) is 0 Å². The fourth-order valence-corrected chi connectivity index (χ4v) is 5.74. The zero-order chi connectivity index (χ0) is 28.8. The van der Waals surface area contributed by atoms with Crippen LogP contribution in [-0.2, 0) is 20.9 Å². The molecule has 0 fully saturated rings. The maximum absolute atomic E-state index is 14.3. The van der Waals surface area contributed by atoms with Gasteiger partial charge in [0.15, 0.2) is 0 Å². The summed E-state index contributed by atoms with van der Waals surface area (Å²) in [6.07, 6.45) is 2.07. The highest BCUT2D eigenvalue weighted by molar-refractivity contribution is 5.91. The molecule has 5 rings (SSSR count). The topological polar surface area (TPSA) is 54.8 Å². The van der Waals surface area contributed by atoms with Crippen molar-refractivity contribution in [1.82, 2.24) is 14.4 Å². The summed E-state index contributed by atoms with van der Waals surface area (Å²) < 4.78 is 7.60. The molecule has 6 heteroatoms. The fourth-order valence-electron chi connectivity index (χ4n) is 5.74. The Morgan fingerprint density at radius 2 is 1.46 bits per heavy atom. The summed E-state index contributed by atoms with van der Waals surface area (Å²) >= 11 is 0. The van der Waals surface area contributed by atoms with Gasteiger partial charge in [0.05, 0.1) is 25.1 Å². The van der Waals surface area contributed by atoms with E-state index in [4.69, 9.17) is 4.74 Å². The number of hydrogen-bond acceptors (Lipinski definition) is 3. The Hall–Kier alpha value is -4.16. The van der Waals surface area contributed by atoms with Crippen molar-refractivity contribution < 1.29 is 14.3 Å². The van der Waals surface area contributed by atoms with E-state index in [0.717, 1.165) is 28.9 Å². The Morgan fingerprint density at radius 1 is 0.829 bits per heavy atom. The Bertz CT molecular complexity index is 1390. The van der Waals surface area contributed by atoms with Crippen LogP contribution >= 0.6 is 0 Å². The lowest BCUT2D eigenvalue weighted by atomic mass is 9.90. The van der Waals surface area contributed by atoms with Gasteiger partial charge in [-0.3, -0.25) is 9.59 Å². The SMILES string of the molecule is COCCN(CC(=O)N1CCn2cccc2[C@@H]1c1ccc(C(C)C)cc1)C(=O)C(c1ccccc1)c1ccccc1. The molecule has 0 radical (unpaired) electrons. The van der Waals surface area contributed by atoms with Gasteiger partial charge in [0, 0.05) is 38.6 Å². The fraction of sp³-hybridized carbons (Fsp3) is 0.314. The molecule has 1 atom stereocenters. The molecule has 0 saturated carbocycles. The first-order valence-electron chi connectivity index (χ1n) is 14.4. The van der Waals surface area contributed by atoms with Gasteiger partial charge in [0.2, 0.25) is 11.8 Å². The average molecular weight is 550 g/mol. The lowest BCUT2D eigenvalue weighted by Gasteiger charge is -2.39. The third kappa shape index (κ3) is 6.28. The van der Waals surface area contributed by atoms with Gasteiger partial charge in [-0.2, -0.15) is 0 Å². The quantitative estimate of drug-likeness (QED) is 0.249. The second-order valence-electron chi connectivity index (χ2n) is 10.9. The highest BCUT2D eigenvalue weighted by Gasteiger charge is 2.35. The number of methoxy groups -OCH3 is 1. The van der Waals surface area contributed by atoms with Gasteiger partial charge in [-0.15, -0.1) is 0 Å². The third-order valence-electron chi connectivity index (χ3n) is 7.99. The number of carbonyl (C=O) groups excluding carboxylic acids is 2. The number of benzene rings is 3. The smallest absolute Gasteiger partial charge is 0.243 e. The standard InChI is InChI=1S/C35H39N3O3/c1-26(2)27-16-18-30(19-17-27)34-31-15-10-20-36(31)21-22-38(34)32(39)25-37(23-24-41-3)35(40)33(28-11-6-4-7-12-28)29-13-8-5-9-14-29/h4-20,26,33-34H,21-25H2,1-3H3/t34-/m0/s1. The van der Waals surface area contributed by atoms with Crippen LogP contribution in [0, 0.1) is 0 Å². The number of nitrogens with zero attached hydrogens (tertiary/aromatic N) is 3. The highest BCUT2D eigenvalue weighted by atomic mass is 16.5. The molecule has 0 bridgehead atoms. The van der Waals surface area contributed by atoms with Gasteiger partial charge in [-0.1, -0.05) is 98.8 Å². The molecule has 0 saturated heterocycles. The maximum Gasteiger partial charge on any atom is 0.243 e. The molecule has 212 valence electrons. The van der Waals surface area contributed by atoms with Gasteiger partial charge >= 0.3 is 0 Å². The number of aromatic nitrogens is 1. The van der Waals surface area contributed by atoms with Crippen LogP contribution in [0.2, 0.25) is 0 Å². The summed E-state index contributed by atoms with van der Waals surface area (Å²) in [7, 11) is 1.62. The Balaban J connectivity index is 1.45. The highest BCUT2D eigenvalue weighted by Crippen LogP contribution is 2.34. The Labute approximate surface area is 243 Å². The minimum absolute atomic E-state index is 0.0142. The number of hydrogen-bond donors (Lipinski definition) is 0. The number of fused-ring (bicyclic) bond motifs is 1. The Kier molecular flexibility index (Phi) is 9.00. The predicted octanol–water partition coefficient (Wildman–Crippen LogP) is 5.85. The van der Waals surface area contributed by atoms with E-state index < -0.39 is 5.92 Å². The minimum atomic E-state index is -0.514. The normalized spacial score (nSPS) is 14.8. The van der Waals surface area contributed by atoms with Crippen molar-refractivity contribution in [2.45, 2.75) is 38.3 Å². The van der Waals surface area contributed by atoms with E-state index in [0.29, 0.717) is 25.6 Å². The monoisotopic (exact) mass is 549 g/mol. The first-order valence-corrected chi connectivity index (χ1v) is 14.4. The molecule has 6 nitrogen and oxygen atoms in total. The molecule has 0 N–H and O–H groups in total.